The lowest BCUT2D eigenvalue weighted by Gasteiger charge is -2.31. The first-order valence-electron chi connectivity index (χ1n) is 8.18. The van der Waals surface area contributed by atoms with E-state index >= 15 is 0 Å². The monoisotopic (exact) mass is 316 g/mol. The number of hydrogen-bond acceptors (Lipinski definition) is 6. The number of aromatic nitrogens is 2. The van der Waals surface area contributed by atoms with E-state index in [-0.39, 0.29) is 0 Å². The first kappa shape index (κ1) is 16.0. The molecule has 0 radical (unpaired) electrons. The molecule has 3 rings (SSSR count). The summed E-state index contributed by atoms with van der Waals surface area (Å²) in [6.07, 6.45) is 0. The van der Waals surface area contributed by atoms with Crippen molar-refractivity contribution >= 4 is 22.7 Å². The largest absolute Gasteiger partial charge is 0.380 e. The molecule has 1 saturated heterocycles. The Kier molecular flexibility index (Phi) is 5.25. The molecule has 2 heterocycles. The highest BCUT2D eigenvalue weighted by Crippen LogP contribution is 2.28. The van der Waals surface area contributed by atoms with Crippen LogP contribution in [0.4, 0.5) is 11.6 Å². The molecule has 1 aromatic carbocycles. The molecule has 1 aliphatic rings. The molecule has 2 aromatic rings. The highest BCUT2D eigenvalue weighted by molar-refractivity contribution is 5.80. The number of anilines is 2. The number of fused-ring (bicyclic) bond motifs is 1. The molecule has 6 heteroatoms. The van der Waals surface area contributed by atoms with Crippen LogP contribution < -0.4 is 9.80 Å². The lowest BCUT2D eigenvalue weighted by Crippen LogP contribution is -2.38. The van der Waals surface area contributed by atoms with Gasteiger partial charge in [-0.2, -0.15) is 0 Å². The molecule has 1 aromatic heterocycles. The zero-order chi connectivity index (χ0) is 16.1. The second-order valence-corrected chi connectivity index (χ2v) is 5.58. The van der Waals surface area contributed by atoms with Crippen LogP contribution in [0.15, 0.2) is 24.3 Å². The Bertz CT molecular complexity index is 644. The van der Waals surface area contributed by atoms with Crippen LogP contribution >= 0.6 is 0 Å². The minimum Gasteiger partial charge on any atom is -0.380 e. The third kappa shape index (κ3) is 3.71. The number of nitrogens with zero attached hydrogens (tertiary/aromatic N) is 4. The summed E-state index contributed by atoms with van der Waals surface area (Å²) in [7, 11) is 2.04. The minimum atomic E-state index is 0.685. The van der Waals surface area contributed by atoms with Gasteiger partial charge in [0.25, 0.3) is 0 Å². The highest BCUT2D eigenvalue weighted by Gasteiger charge is 2.20. The van der Waals surface area contributed by atoms with Crippen LogP contribution in [0.25, 0.3) is 11.0 Å². The van der Waals surface area contributed by atoms with Gasteiger partial charge in [-0.25, -0.2) is 9.97 Å². The van der Waals surface area contributed by atoms with Crippen molar-refractivity contribution in [2.45, 2.75) is 6.92 Å². The van der Waals surface area contributed by atoms with Gasteiger partial charge in [-0.3, -0.25) is 0 Å². The third-order valence-corrected chi connectivity index (χ3v) is 3.98. The van der Waals surface area contributed by atoms with Gasteiger partial charge in [-0.1, -0.05) is 12.1 Å². The van der Waals surface area contributed by atoms with E-state index < -0.39 is 0 Å². The van der Waals surface area contributed by atoms with Crippen LogP contribution in [0.1, 0.15) is 6.92 Å². The van der Waals surface area contributed by atoms with E-state index in [4.69, 9.17) is 19.4 Å². The molecule has 23 heavy (non-hydrogen) atoms. The molecule has 0 N–H and O–H groups in total. The summed E-state index contributed by atoms with van der Waals surface area (Å²) in [6.45, 7) is 7.37. The predicted molar refractivity (Wildman–Crippen MR) is 92.3 cm³/mol. The molecule has 6 nitrogen and oxygen atoms in total. The van der Waals surface area contributed by atoms with Crippen molar-refractivity contribution in [2.75, 3.05) is 62.9 Å². The van der Waals surface area contributed by atoms with Gasteiger partial charge < -0.3 is 19.3 Å². The molecule has 0 amide bonds. The Labute approximate surface area is 137 Å². The van der Waals surface area contributed by atoms with E-state index in [9.17, 15) is 0 Å². The van der Waals surface area contributed by atoms with E-state index in [2.05, 4.69) is 9.80 Å². The molecule has 0 unspecified atom stereocenters. The summed E-state index contributed by atoms with van der Waals surface area (Å²) in [5.74, 6) is 1.84. The smallest absolute Gasteiger partial charge is 0.172 e. The van der Waals surface area contributed by atoms with E-state index in [1.165, 1.54) is 0 Å². The van der Waals surface area contributed by atoms with Crippen molar-refractivity contribution in [3.63, 3.8) is 0 Å². The van der Waals surface area contributed by atoms with Crippen LogP contribution in [-0.2, 0) is 9.47 Å². The Hall–Kier alpha value is -1.92. The summed E-state index contributed by atoms with van der Waals surface area (Å²) in [4.78, 5) is 14.1. The van der Waals surface area contributed by atoms with E-state index in [1.54, 1.807) is 0 Å². The van der Waals surface area contributed by atoms with Gasteiger partial charge in [-0.05, 0) is 19.1 Å². The van der Waals surface area contributed by atoms with E-state index in [1.807, 2.05) is 38.2 Å². The summed E-state index contributed by atoms with van der Waals surface area (Å²) >= 11 is 0. The number of likely N-dealkylation sites (N-methyl/N-ethyl adjacent to an activating group) is 1. The summed E-state index contributed by atoms with van der Waals surface area (Å²) in [5, 5.41) is 0. The maximum absolute atomic E-state index is 5.48. The van der Waals surface area contributed by atoms with Crippen molar-refractivity contribution in [1.29, 1.82) is 0 Å². The number of para-hydroxylation sites is 2. The van der Waals surface area contributed by atoms with Crippen LogP contribution in [0.5, 0.6) is 0 Å². The lowest BCUT2D eigenvalue weighted by atomic mass is 10.3. The normalized spacial score (nSPS) is 15.1. The molecule has 0 atom stereocenters. The van der Waals surface area contributed by atoms with Crippen molar-refractivity contribution in [2.24, 2.45) is 0 Å². The fraction of sp³-hybridized carbons (Fsp3) is 0.529. The first-order valence-corrected chi connectivity index (χ1v) is 8.18. The van der Waals surface area contributed by atoms with Gasteiger partial charge >= 0.3 is 0 Å². The molecular weight excluding hydrogens is 292 g/mol. The summed E-state index contributed by atoms with van der Waals surface area (Å²) in [5.41, 5.74) is 1.85. The van der Waals surface area contributed by atoms with Crippen LogP contribution in [0, 0.1) is 0 Å². The van der Waals surface area contributed by atoms with E-state index in [0.717, 1.165) is 62.1 Å². The Balaban J connectivity index is 1.94. The van der Waals surface area contributed by atoms with E-state index in [0.29, 0.717) is 6.61 Å². The first-order chi connectivity index (χ1) is 11.3. The zero-order valence-electron chi connectivity index (χ0n) is 13.9. The molecule has 0 aliphatic carbocycles. The van der Waals surface area contributed by atoms with Crippen LogP contribution in [0.3, 0.4) is 0 Å². The number of ether oxygens (including phenoxy) is 2. The van der Waals surface area contributed by atoms with Gasteiger partial charge in [-0.15, -0.1) is 0 Å². The topological polar surface area (TPSA) is 50.7 Å². The van der Waals surface area contributed by atoms with Crippen molar-refractivity contribution in [1.82, 2.24) is 9.97 Å². The SMILES string of the molecule is CCOCCN(C)c1nc2ccccc2nc1N1CCOCC1. The molecule has 1 aliphatic heterocycles. The average molecular weight is 316 g/mol. The molecule has 1 fully saturated rings. The average Bonchev–Trinajstić information content (AvgIpc) is 2.61. The fourth-order valence-electron chi connectivity index (χ4n) is 2.68. The van der Waals surface area contributed by atoms with Gasteiger partial charge in [0.15, 0.2) is 11.6 Å². The molecule has 0 spiro atoms. The van der Waals surface area contributed by atoms with Gasteiger partial charge in [0.2, 0.25) is 0 Å². The van der Waals surface area contributed by atoms with Crippen LogP contribution in [0.2, 0.25) is 0 Å². The Morgan fingerprint density at radius 2 is 1.87 bits per heavy atom. The van der Waals surface area contributed by atoms with Crippen molar-refractivity contribution < 1.29 is 9.47 Å². The number of morpholine rings is 1. The Morgan fingerprint density at radius 3 is 2.57 bits per heavy atom. The van der Waals surface area contributed by atoms with Gasteiger partial charge in [0, 0.05) is 33.3 Å². The maximum Gasteiger partial charge on any atom is 0.172 e. The van der Waals surface area contributed by atoms with Crippen LogP contribution in [-0.4, -0.2) is 63.1 Å². The second kappa shape index (κ2) is 7.57. The number of hydrogen-bond donors (Lipinski definition) is 0. The minimum absolute atomic E-state index is 0.685. The molecular formula is C17H24N4O2. The van der Waals surface area contributed by atoms with Crippen molar-refractivity contribution in [3.05, 3.63) is 24.3 Å². The maximum atomic E-state index is 5.48. The number of benzene rings is 1. The highest BCUT2D eigenvalue weighted by atomic mass is 16.5. The number of rotatable bonds is 6. The van der Waals surface area contributed by atoms with Crippen molar-refractivity contribution in [3.8, 4) is 0 Å². The summed E-state index contributed by atoms with van der Waals surface area (Å²) in [6, 6.07) is 8.01. The fourth-order valence-corrected chi connectivity index (χ4v) is 2.68. The van der Waals surface area contributed by atoms with Gasteiger partial charge in [0.1, 0.15) is 0 Å². The summed E-state index contributed by atoms with van der Waals surface area (Å²) < 4.78 is 10.9. The lowest BCUT2D eigenvalue weighted by molar-refractivity contribution is 0.122. The predicted octanol–water partition coefficient (Wildman–Crippen LogP) is 1.94. The zero-order valence-corrected chi connectivity index (χ0v) is 13.9. The standard InChI is InChI=1S/C17H24N4O2/c1-3-22-11-8-20(2)16-17(21-9-12-23-13-10-21)19-15-7-5-4-6-14(15)18-16/h4-7H,3,8-13H2,1-2H3. The third-order valence-electron chi connectivity index (χ3n) is 3.98. The Morgan fingerprint density at radius 1 is 1.17 bits per heavy atom. The van der Waals surface area contributed by atoms with Gasteiger partial charge in [0.05, 0.1) is 30.9 Å². The second-order valence-electron chi connectivity index (χ2n) is 5.58. The molecule has 0 saturated carbocycles. The molecule has 124 valence electrons. The molecule has 0 bridgehead atoms. The quantitative estimate of drug-likeness (QED) is 0.759.